The van der Waals surface area contributed by atoms with Gasteiger partial charge in [-0.15, -0.1) is 0 Å². The molecule has 1 atom stereocenters. The molecular formula is C19H39NO. The van der Waals surface area contributed by atoms with Crippen molar-refractivity contribution in [1.29, 1.82) is 0 Å². The molecule has 1 rings (SSSR count). The van der Waals surface area contributed by atoms with Crippen LogP contribution in [0.5, 0.6) is 0 Å². The third-order valence-electron chi connectivity index (χ3n) is 5.75. The molecule has 2 nitrogen and oxygen atoms in total. The molecule has 0 bridgehead atoms. The minimum absolute atomic E-state index is 0.0354. The fourth-order valence-corrected chi connectivity index (χ4v) is 4.28. The van der Waals surface area contributed by atoms with Crippen LogP contribution in [0.25, 0.3) is 0 Å². The molecule has 1 saturated carbocycles. The van der Waals surface area contributed by atoms with Crippen LogP contribution in [0.1, 0.15) is 86.0 Å². The molecule has 1 aliphatic rings. The zero-order valence-electron chi connectivity index (χ0n) is 15.2. The van der Waals surface area contributed by atoms with E-state index in [0.717, 1.165) is 37.8 Å². The molecular weight excluding hydrogens is 258 g/mol. The number of ether oxygens (including phenoxy) is 1. The van der Waals surface area contributed by atoms with E-state index in [4.69, 9.17) is 4.74 Å². The maximum atomic E-state index is 6.33. The highest BCUT2D eigenvalue weighted by Crippen LogP contribution is 2.38. The van der Waals surface area contributed by atoms with Crippen LogP contribution in [0.3, 0.4) is 0 Å². The van der Waals surface area contributed by atoms with Gasteiger partial charge in [0, 0.05) is 12.6 Å². The smallest absolute Gasteiger partial charge is 0.0832 e. The van der Waals surface area contributed by atoms with Crippen LogP contribution in [0.2, 0.25) is 0 Å². The average Bonchev–Trinajstić information content (AvgIpc) is 2.54. The van der Waals surface area contributed by atoms with E-state index in [9.17, 15) is 0 Å². The first-order valence-electron chi connectivity index (χ1n) is 9.54. The molecule has 1 unspecified atom stereocenters. The third kappa shape index (κ3) is 4.96. The van der Waals surface area contributed by atoms with Crippen LogP contribution in [-0.2, 0) is 4.74 Å². The van der Waals surface area contributed by atoms with Gasteiger partial charge in [0.05, 0.1) is 5.60 Å². The van der Waals surface area contributed by atoms with E-state index in [1.54, 1.807) is 0 Å². The predicted octanol–water partition coefficient (Wildman–Crippen LogP) is 5.17. The molecule has 0 amide bonds. The Hall–Kier alpha value is -0.0800. The zero-order chi connectivity index (χ0) is 15.7. The molecule has 1 aliphatic carbocycles. The second kappa shape index (κ2) is 9.84. The summed E-state index contributed by atoms with van der Waals surface area (Å²) in [5.74, 6) is 1.77. The van der Waals surface area contributed by atoms with Gasteiger partial charge in [-0.1, -0.05) is 47.0 Å². The van der Waals surface area contributed by atoms with E-state index >= 15 is 0 Å². The van der Waals surface area contributed by atoms with Crippen LogP contribution < -0.4 is 5.32 Å². The first kappa shape index (κ1) is 19.0. The van der Waals surface area contributed by atoms with Gasteiger partial charge >= 0.3 is 0 Å². The second-order valence-corrected chi connectivity index (χ2v) is 6.83. The van der Waals surface area contributed by atoms with Gasteiger partial charge in [0.2, 0.25) is 0 Å². The summed E-state index contributed by atoms with van der Waals surface area (Å²) in [6.07, 6.45) is 10.4. The molecule has 21 heavy (non-hydrogen) atoms. The van der Waals surface area contributed by atoms with Crippen LogP contribution >= 0.6 is 0 Å². The fourth-order valence-electron chi connectivity index (χ4n) is 4.28. The van der Waals surface area contributed by atoms with Gasteiger partial charge in [-0.05, 0) is 57.4 Å². The number of rotatable bonds is 10. The minimum atomic E-state index is 0.0354. The maximum Gasteiger partial charge on any atom is 0.0832 e. The van der Waals surface area contributed by atoms with Gasteiger partial charge in [-0.2, -0.15) is 0 Å². The summed E-state index contributed by atoms with van der Waals surface area (Å²) in [6.45, 7) is 13.3. The van der Waals surface area contributed by atoms with E-state index in [0.29, 0.717) is 6.04 Å². The highest BCUT2D eigenvalue weighted by atomic mass is 16.5. The topological polar surface area (TPSA) is 21.3 Å². The van der Waals surface area contributed by atoms with Crippen molar-refractivity contribution < 1.29 is 4.74 Å². The summed E-state index contributed by atoms with van der Waals surface area (Å²) in [7, 11) is 0. The van der Waals surface area contributed by atoms with Gasteiger partial charge in [0.15, 0.2) is 0 Å². The van der Waals surface area contributed by atoms with Gasteiger partial charge in [-0.25, -0.2) is 0 Å². The van der Waals surface area contributed by atoms with Gasteiger partial charge < -0.3 is 10.1 Å². The Morgan fingerprint density at radius 2 is 1.62 bits per heavy atom. The first-order valence-corrected chi connectivity index (χ1v) is 9.54. The first-order chi connectivity index (χ1) is 10.2. The van der Waals surface area contributed by atoms with E-state index in [-0.39, 0.29) is 5.60 Å². The lowest BCUT2D eigenvalue weighted by Crippen LogP contribution is -2.56. The molecule has 0 spiro atoms. The highest BCUT2D eigenvalue weighted by molar-refractivity contribution is 4.97. The molecule has 0 aliphatic heterocycles. The van der Waals surface area contributed by atoms with Gasteiger partial charge in [0.1, 0.15) is 0 Å². The number of nitrogens with one attached hydrogen (secondary N) is 1. The fraction of sp³-hybridized carbons (Fsp3) is 1.00. The molecule has 0 aromatic heterocycles. The Morgan fingerprint density at radius 3 is 2.05 bits per heavy atom. The molecule has 0 saturated heterocycles. The van der Waals surface area contributed by atoms with E-state index in [2.05, 4.69) is 39.9 Å². The molecule has 1 N–H and O–H groups in total. The summed E-state index contributed by atoms with van der Waals surface area (Å²) in [4.78, 5) is 0. The number of hydrogen-bond acceptors (Lipinski definition) is 2. The third-order valence-corrected chi connectivity index (χ3v) is 5.75. The highest BCUT2D eigenvalue weighted by Gasteiger charge is 2.41. The molecule has 126 valence electrons. The maximum absolute atomic E-state index is 6.33. The van der Waals surface area contributed by atoms with Crippen LogP contribution in [-0.4, -0.2) is 24.8 Å². The summed E-state index contributed by atoms with van der Waals surface area (Å²) >= 11 is 0. The molecule has 0 aromatic carbocycles. The largest absolute Gasteiger partial charge is 0.374 e. The Bertz CT molecular complexity index is 254. The summed E-state index contributed by atoms with van der Waals surface area (Å²) < 4.78 is 6.33. The predicted molar refractivity (Wildman–Crippen MR) is 92.8 cm³/mol. The normalized spacial score (nSPS) is 25.0. The van der Waals surface area contributed by atoms with E-state index in [1.165, 1.54) is 38.5 Å². The molecule has 0 aromatic rings. The van der Waals surface area contributed by atoms with Gasteiger partial charge in [0.25, 0.3) is 0 Å². The Morgan fingerprint density at radius 1 is 1.00 bits per heavy atom. The van der Waals surface area contributed by atoms with E-state index in [1.807, 2.05) is 0 Å². The quantitative estimate of drug-likeness (QED) is 0.601. The standard InChI is InChI=1S/C19H39NO/c1-6-15-20-18(19(8-3,9-4)21-10-5)17-13-11-16(7-2)12-14-17/h16-18,20H,6-15H2,1-5H3. The monoisotopic (exact) mass is 297 g/mol. The lowest BCUT2D eigenvalue weighted by molar-refractivity contribution is -0.0900. The average molecular weight is 298 g/mol. The lowest BCUT2D eigenvalue weighted by atomic mass is 9.71. The molecule has 0 heterocycles. The van der Waals surface area contributed by atoms with Crippen molar-refractivity contribution in [2.75, 3.05) is 13.2 Å². The van der Waals surface area contributed by atoms with Crippen LogP contribution in [0.4, 0.5) is 0 Å². The van der Waals surface area contributed by atoms with Crippen molar-refractivity contribution in [2.45, 2.75) is 97.6 Å². The summed E-state index contributed by atoms with van der Waals surface area (Å²) in [6, 6.07) is 0.533. The zero-order valence-corrected chi connectivity index (χ0v) is 15.2. The molecule has 0 radical (unpaired) electrons. The van der Waals surface area contributed by atoms with Crippen molar-refractivity contribution in [3.05, 3.63) is 0 Å². The lowest BCUT2D eigenvalue weighted by Gasteiger charge is -2.46. The van der Waals surface area contributed by atoms with E-state index < -0.39 is 0 Å². The van der Waals surface area contributed by atoms with Crippen molar-refractivity contribution in [3.63, 3.8) is 0 Å². The van der Waals surface area contributed by atoms with Gasteiger partial charge in [-0.3, -0.25) is 0 Å². The Labute approximate surface area is 133 Å². The minimum Gasteiger partial charge on any atom is -0.374 e. The van der Waals surface area contributed by atoms with Crippen molar-refractivity contribution in [2.24, 2.45) is 11.8 Å². The van der Waals surface area contributed by atoms with Crippen LogP contribution in [0.15, 0.2) is 0 Å². The molecule has 1 fully saturated rings. The Kier molecular flexibility index (Phi) is 8.89. The van der Waals surface area contributed by atoms with Crippen molar-refractivity contribution >= 4 is 0 Å². The van der Waals surface area contributed by atoms with Crippen LogP contribution in [0, 0.1) is 11.8 Å². The summed E-state index contributed by atoms with van der Waals surface area (Å²) in [5, 5.41) is 3.87. The summed E-state index contributed by atoms with van der Waals surface area (Å²) in [5.41, 5.74) is 0.0354. The molecule has 2 heteroatoms. The Balaban J connectivity index is 2.82. The second-order valence-electron chi connectivity index (χ2n) is 6.83. The SMILES string of the molecule is CCCNC(C1CCC(CC)CC1)C(CC)(CC)OCC. The van der Waals surface area contributed by atoms with Crippen molar-refractivity contribution in [3.8, 4) is 0 Å². The van der Waals surface area contributed by atoms with Crippen molar-refractivity contribution in [1.82, 2.24) is 5.32 Å². The number of hydrogen-bond donors (Lipinski definition) is 1.